The molecule has 0 saturated carbocycles. The van der Waals surface area contributed by atoms with Gasteiger partial charge in [-0.2, -0.15) is 0 Å². The summed E-state index contributed by atoms with van der Waals surface area (Å²) in [4.78, 5) is 32.5. The Hall–Kier alpha value is -3.25. The Labute approximate surface area is 168 Å². The first-order valence-electron chi connectivity index (χ1n) is 8.83. The van der Waals surface area contributed by atoms with Gasteiger partial charge in [-0.05, 0) is 30.7 Å². The summed E-state index contributed by atoms with van der Waals surface area (Å²) >= 11 is 5.80. The van der Waals surface area contributed by atoms with E-state index in [2.05, 4.69) is 20.6 Å². The lowest BCUT2D eigenvalue weighted by Crippen LogP contribution is -2.25. The molecule has 2 aromatic carbocycles. The number of benzene rings is 2. The van der Waals surface area contributed by atoms with E-state index in [1.807, 2.05) is 30.3 Å². The van der Waals surface area contributed by atoms with Crippen LogP contribution < -0.4 is 10.6 Å². The van der Waals surface area contributed by atoms with Crippen molar-refractivity contribution in [1.29, 1.82) is 0 Å². The number of hydrogen-bond acceptors (Lipinski definition) is 4. The molecule has 0 aliphatic carbocycles. The Balaban J connectivity index is 1.41. The number of anilines is 1. The number of carbonyl (C=O) groups excluding carboxylic acids is 2. The molecular formula is C21H19ClN4O2. The van der Waals surface area contributed by atoms with Crippen LogP contribution in [0, 0.1) is 0 Å². The van der Waals surface area contributed by atoms with Crippen molar-refractivity contribution >= 4 is 29.1 Å². The third kappa shape index (κ3) is 5.62. The van der Waals surface area contributed by atoms with E-state index in [4.69, 9.17) is 11.6 Å². The maximum Gasteiger partial charge on any atom is 0.251 e. The molecule has 28 heavy (non-hydrogen) atoms. The first-order chi connectivity index (χ1) is 13.6. The Morgan fingerprint density at radius 2 is 1.61 bits per heavy atom. The van der Waals surface area contributed by atoms with Crippen molar-refractivity contribution in [2.75, 3.05) is 11.9 Å². The molecule has 0 spiro atoms. The van der Waals surface area contributed by atoms with Gasteiger partial charge in [0.2, 0.25) is 5.91 Å². The average molecular weight is 395 g/mol. The molecule has 3 rings (SSSR count). The van der Waals surface area contributed by atoms with E-state index in [0.717, 1.165) is 5.56 Å². The Morgan fingerprint density at radius 1 is 0.929 bits per heavy atom. The van der Waals surface area contributed by atoms with E-state index in [1.165, 1.54) is 0 Å². The van der Waals surface area contributed by atoms with Crippen molar-refractivity contribution < 1.29 is 9.59 Å². The predicted molar refractivity (Wildman–Crippen MR) is 109 cm³/mol. The van der Waals surface area contributed by atoms with E-state index < -0.39 is 0 Å². The van der Waals surface area contributed by atoms with Gasteiger partial charge in [0, 0.05) is 29.1 Å². The van der Waals surface area contributed by atoms with Gasteiger partial charge in [0.1, 0.15) is 0 Å². The van der Waals surface area contributed by atoms with E-state index in [9.17, 15) is 9.59 Å². The molecule has 0 radical (unpaired) electrons. The molecule has 6 nitrogen and oxygen atoms in total. The first-order valence-corrected chi connectivity index (χ1v) is 9.21. The lowest BCUT2D eigenvalue weighted by molar-refractivity contribution is -0.116. The van der Waals surface area contributed by atoms with Crippen LogP contribution in [0.25, 0.3) is 11.4 Å². The molecule has 2 amide bonds. The fourth-order valence-electron chi connectivity index (χ4n) is 2.51. The lowest BCUT2D eigenvalue weighted by atomic mass is 10.2. The zero-order chi connectivity index (χ0) is 19.8. The number of hydrogen-bond donors (Lipinski definition) is 2. The van der Waals surface area contributed by atoms with E-state index >= 15 is 0 Å². The van der Waals surface area contributed by atoms with Gasteiger partial charge in [-0.25, -0.2) is 9.97 Å². The fourth-order valence-corrected chi connectivity index (χ4v) is 2.63. The molecule has 0 aliphatic rings. The van der Waals surface area contributed by atoms with Crippen molar-refractivity contribution in [3.8, 4) is 11.4 Å². The highest BCUT2D eigenvalue weighted by Crippen LogP contribution is 2.15. The smallest absolute Gasteiger partial charge is 0.251 e. The third-order valence-corrected chi connectivity index (χ3v) is 4.19. The molecule has 3 aromatic rings. The zero-order valence-electron chi connectivity index (χ0n) is 15.1. The number of nitrogens with one attached hydrogen (secondary N) is 2. The molecule has 0 saturated heterocycles. The summed E-state index contributed by atoms with van der Waals surface area (Å²) in [5.74, 6) is 0.252. The third-order valence-electron chi connectivity index (χ3n) is 3.94. The highest BCUT2D eigenvalue weighted by Gasteiger charge is 2.07. The second-order valence-electron chi connectivity index (χ2n) is 6.08. The van der Waals surface area contributed by atoms with E-state index in [1.54, 1.807) is 36.7 Å². The maximum absolute atomic E-state index is 12.0. The second kappa shape index (κ2) is 9.62. The standard InChI is InChI=1S/C21H19ClN4O2/c22-17-10-8-16(9-11-17)21(28)23-12-4-7-19(27)26-18-13-24-20(25-14-18)15-5-2-1-3-6-15/h1-3,5-6,8-11,13-14H,4,7,12H2,(H,23,28)(H,26,27). The largest absolute Gasteiger partial charge is 0.352 e. The van der Waals surface area contributed by atoms with Crippen molar-refractivity contribution in [3.05, 3.63) is 77.6 Å². The van der Waals surface area contributed by atoms with Crippen LogP contribution in [0.15, 0.2) is 67.0 Å². The van der Waals surface area contributed by atoms with Crippen LogP contribution in [0.5, 0.6) is 0 Å². The minimum absolute atomic E-state index is 0.156. The average Bonchev–Trinajstić information content (AvgIpc) is 2.73. The number of aromatic nitrogens is 2. The highest BCUT2D eigenvalue weighted by molar-refractivity contribution is 6.30. The van der Waals surface area contributed by atoms with Gasteiger partial charge in [0.15, 0.2) is 5.82 Å². The summed E-state index contributed by atoms with van der Waals surface area (Å²) in [7, 11) is 0. The maximum atomic E-state index is 12.0. The molecule has 1 heterocycles. The zero-order valence-corrected chi connectivity index (χ0v) is 15.8. The first kappa shape index (κ1) is 19.5. The summed E-state index contributed by atoms with van der Waals surface area (Å²) < 4.78 is 0. The number of nitrogens with zero attached hydrogens (tertiary/aromatic N) is 2. The van der Waals surface area contributed by atoms with Crippen LogP contribution in [0.4, 0.5) is 5.69 Å². The molecule has 0 aliphatic heterocycles. The lowest BCUT2D eigenvalue weighted by Gasteiger charge is -2.07. The van der Waals surface area contributed by atoms with Gasteiger partial charge in [-0.3, -0.25) is 9.59 Å². The highest BCUT2D eigenvalue weighted by atomic mass is 35.5. The Kier molecular flexibility index (Phi) is 6.70. The van der Waals surface area contributed by atoms with E-state index in [0.29, 0.717) is 35.1 Å². The molecule has 0 bridgehead atoms. The number of halogens is 1. The van der Waals surface area contributed by atoms with Gasteiger partial charge in [0.25, 0.3) is 5.91 Å². The predicted octanol–water partition coefficient (Wildman–Crippen LogP) is 3.95. The topological polar surface area (TPSA) is 84.0 Å². The SMILES string of the molecule is O=C(CCCNC(=O)c1ccc(Cl)cc1)Nc1cnc(-c2ccccc2)nc1. The van der Waals surface area contributed by atoms with Crippen LogP contribution in [0.2, 0.25) is 5.02 Å². The van der Waals surface area contributed by atoms with Gasteiger partial charge >= 0.3 is 0 Å². The molecule has 0 atom stereocenters. The second-order valence-corrected chi connectivity index (χ2v) is 6.51. The van der Waals surface area contributed by atoms with Crippen molar-refractivity contribution in [1.82, 2.24) is 15.3 Å². The van der Waals surface area contributed by atoms with Gasteiger partial charge in [0.05, 0.1) is 18.1 Å². The Morgan fingerprint density at radius 3 is 2.29 bits per heavy atom. The van der Waals surface area contributed by atoms with E-state index in [-0.39, 0.29) is 18.2 Å². The summed E-state index contributed by atoms with van der Waals surface area (Å²) in [6.07, 6.45) is 3.96. The van der Waals surface area contributed by atoms with Gasteiger partial charge in [-0.1, -0.05) is 41.9 Å². The molecule has 1 aromatic heterocycles. The summed E-state index contributed by atoms with van der Waals surface area (Å²) in [6, 6.07) is 16.2. The van der Waals surface area contributed by atoms with Crippen LogP contribution in [0.3, 0.4) is 0 Å². The number of carbonyl (C=O) groups is 2. The monoisotopic (exact) mass is 394 g/mol. The van der Waals surface area contributed by atoms with Gasteiger partial charge in [-0.15, -0.1) is 0 Å². The van der Waals surface area contributed by atoms with Crippen LogP contribution >= 0.6 is 11.6 Å². The quantitative estimate of drug-likeness (QED) is 0.594. The Bertz CT molecular complexity index is 929. The molecule has 2 N–H and O–H groups in total. The summed E-state index contributed by atoms with van der Waals surface area (Å²) in [5, 5.41) is 6.11. The normalized spacial score (nSPS) is 10.3. The van der Waals surface area contributed by atoms with Crippen molar-refractivity contribution in [2.45, 2.75) is 12.8 Å². The van der Waals surface area contributed by atoms with Crippen LogP contribution in [-0.4, -0.2) is 28.3 Å². The molecule has 142 valence electrons. The van der Waals surface area contributed by atoms with Gasteiger partial charge < -0.3 is 10.6 Å². The number of amides is 2. The van der Waals surface area contributed by atoms with Crippen LogP contribution in [0.1, 0.15) is 23.2 Å². The molecule has 0 fully saturated rings. The molecule has 0 unspecified atom stereocenters. The minimum Gasteiger partial charge on any atom is -0.352 e. The molecular weight excluding hydrogens is 376 g/mol. The van der Waals surface area contributed by atoms with Crippen molar-refractivity contribution in [3.63, 3.8) is 0 Å². The molecule has 7 heteroatoms. The fraction of sp³-hybridized carbons (Fsp3) is 0.143. The number of rotatable bonds is 7. The van der Waals surface area contributed by atoms with Crippen LogP contribution in [-0.2, 0) is 4.79 Å². The summed E-state index contributed by atoms with van der Waals surface area (Å²) in [5.41, 5.74) is 1.98. The minimum atomic E-state index is -0.193. The summed E-state index contributed by atoms with van der Waals surface area (Å²) in [6.45, 7) is 0.401. The van der Waals surface area contributed by atoms with Crippen molar-refractivity contribution in [2.24, 2.45) is 0 Å².